The SMILES string of the molecule is COc1ccc(OC)c(CN2CCN(C(=S)NCc3ccccc3)CC2)c1. The van der Waals surface area contributed by atoms with Gasteiger partial charge in [0.25, 0.3) is 0 Å². The minimum absolute atomic E-state index is 0.765. The summed E-state index contributed by atoms with van der Waals surface area (Å²) in [5.74, 6) is 1.76. The van der Waals surface area contributed by atoms with Crippen LogP contribution in [0.3, 0.4) is 0 Å². The van der Waals surface area contributed by atoms with Crippen molar-refractivity contribution in [1.82, 2.24) is 15.1 Å². The molecule has 3 rings (SSSR count). The van der Waals surface area contributed by atoms with Crippen LogP contribution in [-0.2, 0) is 13.1 Å². The number of thiocarbonyl (C=S) groups is 1. The lowest BCUT2D eigenvalue weighted by molar-refractivity contribution is 0.173. The fraction of sp³-hybridized carbons (Fsp3) is 0.381. The predicted molar refractivity (Wildman–Crippen MR) is 112 cm³/mol. The van der Waals surface area contributed by atoms with E-state index >= 15 is 0 Å². The first kappa shape index (κ1) is 19.5. The van der Waals surface area contributed by atoms with Crippen LogP contribution in [0.5, 0.6) is 11.5 Å². The van der Waals surface area contributed by atoms with Gasteiger partial charge in [0.05, 0.1) is 14.2 Å². The summed E-state index contributed by atoms with van der Waals surface area (Å²) in [6.45, 7) is 5.39. The molecule has 0 radical (unpaired) electrons. The van der Waals surface area contributed by atoms with E-state index in [1.54, 1.807) is 14.2 Å². The molecule has 1 heterocycles. The summed E-state index contributed by atoms with van der Waals surface area (Å²) >= 11 is 5.57. The lowest BCUT2D eigenvalue weighted by Crippen LogP contribution is -2.51. The number of benzene rings is 2. The van der Waals surface area contributed by atoms with Crippen molar-refractivity contribution in [1.29, 1.82) is 0 Å². The van der Waals surface area contributed by atoms with Crippen LogP contribution >= 0.6 is 12.2 Å². The fourth-order valence-corrected chi connectivity index (χ4v) is 3.50. The van der Waals surface area contributed by atoms with Crippen molar-refractivity contribution in [3.63, 3.8) is 0 Å². The average molecular weight is 386 g/mol. The highest BCUT2D eigenvalue weighted by Crippen LogP contribution is 2.25. The van der Waals surface area contributed by atoms with Crippen LogP contribution in [0.15, 0.2) is 48.5 Å². The Bertz CT molecular complexity index is 746. The van der Waals surface area contributed by atoms with Crippen LogP contribution in [0.25, 0.3) is 0 Å². The summed E-state index contributed by atoms with van der Waals surface area (Å²) < 4.78 is 10.8. The average Bonchev–Trinajstić information content (AvgIpc) is 2.73. The van der Waals surface area contributed by atoms with E-state index in [1.165, 1.54) is 5.56 Å². The smallest absolute Gasteiger partial charge is 0.169 e. The summed E-state index contributed by atoms with van der Waals surface area (Å²) in [6.07, 6.45) is 0. The van der Waals surface area contributed by atoms with Gasteiger partial charge >= 0.3 is 0 Å². The molecule has 2 aromatic rings. The maximum absolute atomic E-state index is 5.57. The third-order valence-corrected chi connectivity index (χ3v) is 5.23. The molecule has 1 aliphatic rings. The number of nitrogens with zero attached hydrogens (tertiary/aromatic N) is 2. The third-order valence-electron chi connectivity index (χ3n) is 4.83. The minimum atomic E-state index is 0.765. The number of hydrogen-bond donors (Lipinski definition) is 1. The van der Waals surface area contributed by atoms with E-state index in [2.05, 4.69) is 33.3 Å². The third kappa shape index (κ3) is 5.34. The molecule has 2 aromatic carbocycles. The standard InChI is InChI=1S/C21H27N3O2S/c1-25-19-8-9-20(26-2)18(14-19)16-23-10-12-24(13-11-23)21(27)22-15-17-6-4-3-5-7-17/h3-9,14H,10-13,15-16H2,1-2H3,(H,22,27). The Balaban J connectivity index is 1.49. The number of hydrogen-bond acceptors (Lipinski definition) is 4. The van der Waals surface area contributed by atoms with Gasteiger partial charge in [-0.2, -0.15) is 0 Å². The molecule has 27 heavy (non-hydrogen) atoms. The van der Waals surface area contributed by atoms with Gasteiger partial charge in [0.15, 0.2) is 5.11 Å². The van der Waals surface area contributed by atoms with Crippen LogP contribution in [-0.4, -0.2) is 55.3 Å². The molecule has 0 unspecified atom stereocenters. The van der Waals surface area contributed by atoms with E-state index in [9.17, 15) is 0 Å². The van der Waals surface area contributed by atoms with Gasteiger partial charge in [0, 0.05) is 44.8 Å². The van der Waals surface area contributed by atoms with Crippen LogP contribution < -0.4 is 14.8 Å². The summed E-state index contributed by atoms with van der Waals surface area (Å²) in [6, 6.07) is 16.3. The van der Waals surface area contributed by atoms with Crippen molar-refractivity contribution >= 4 is 17.3 Å². The van der Waals surface area contributed by atoms with Crippen LogP contribution in [0, 0.1) is 0 Å². The quantitative estimate of drug-likeness (QED) is 0.771. The first-order chi connectivity index (χ1) is 13.2. The zero-order valence-electron chi connectivity index (χ0n) is 16.0. The van der Waals surface area contributed by atoms with Crippen LogP contribution in [0.1, 0.15) is 11.1 Å². The molecule has 1 fully saturated rings. The van der Waals surface area contributed by atoms with Crippen LogP contribution in [0.4, 0.5) is 0 Å². The zero-order valence-corrected chi connectivity index (χ0v) is 16.8. The minimum Gasteiger partial charge on any atom is -0.497 e. The Morgan fingerprint density at radius 1 is 1.00 bits per heavy atom. The fourth-order valence-electron chi connectivity index (χ4n) is 3.24. The van der Waals surface area contributed by atoms with Gasteiger partial charge in [-0.15, -0.1) is 0 Å². The second kappa shape index (κ2) is 9.58. The van der Waals surface area contributed by atoms with Crippen molar-refractivity contribution in [2.24, 2.45) is 0 Å². The second-order valence-corrected chi connectivity index (χ2v) is 6.97. The Labute approximate surface area is 166 Å². The van der Waals surface area contributed by atoms with Crippen LogP contribution in [0.2, 0.25) is 0 Å². The Morgan fingerprint density at radius 3 is 2.41 bits per heavy atom. The monoisotopic (exact) mass is 385 g/mol. The molecule has 0 bridgehead atoms. The number of rotatable bonds is 6. The highest BCUT2D eigenvalue weighted by atomic mass is 32.1. The topological polar surface area (TPSA) is 37.0 Å². The maximum atomic E-state index is 5.57. The van der Waals surface area contributed by atoms with E-state index < -0.39 is 0 Å². The molecule has 6 heteroatoms. The first-order valence-electron chi connectivity index (χ1n) is 9.19. The van der Waals surface area contributed by atoms with Gasteiger partial charge in [-0.1, -0.05) is 30.3 Å². The number of piperazine rings is 1. The molecular weight excluding hydrogens is 358 g/mol. The number of nitrogens with one attached hydrogen (secondary N) is 1. The first-order valence-corrected chi connectivity index (χ1v) is 9.60. The molecule has 0 aromatic heterocycles. The van der Waals surface area contributed by atoms with Gasteiger partial charge in [0.1, 0.15) is 11.5 Å². The summed E-state index contributed by atoms with van der Waals surface area (Å²) in [5, 5.41) is 4.20. The van der Waals surface area contributed by atoms with Gasteiger partial charge in [-0.05, 0) is 36.0 Å². The van der Waals surface area contributed by atoms with Gasteiger partial charge in [0.2, 0.25) is 0 Å². The molecular formula is C21H27N3O2S. The van der Waals surface area contributed by atoms with E-state index in [1.807, 2.05) is 30.3 Å². The molecule has 0 atom stereocenters. The maximum Gasteiger partial charge on any atom is 0.169 e. The highest BCUT2D eigenvalue weighted by Gasteiger charge is 2.20. The summed E-state index contributed by atoms with van der Waals surface area (Å²) in [4.78, 5) is 4.67. The molecule has 0 saturated carbocycles. The van der Waals surface area contributed by atoms with Gasteiger partial charge in [-0.3, -0.25) is 4.90 Å². The normalized spacial score (nSPS) is 14.7. The molecule has 0 amide bonds. The second-order valence-electron chi connectivity index (χ2n) is 6.59. The lowest BCUT2D eigenvalue weighted by atomic mass is 10.1. The lowest BCUT2D eigenvalue weighted by Gasteiger charge is -2.36. The molecule has 0 spiro atoms. The number of methoxy groups -OCH3 is 2. The molecule has 1 saturated heterocycles. The van der Waals surface area contributed by atoms with Crippen molar-refractivity contribution in [2.75, 3.05) is 40.4 Å². The molecule has 1 N–H and O–H groups in total. The van der Waals surface area contributed by atoms with Crippen molar-refractivity contribution in [3.05, 3.63) is 59.7 Å². The summed E-state index contributed by atoms with van der Waals surface area (Å²) in [7, 11) is 3.40. The summed E-state index contributed by atoms with van der Waals surface area (Å²) in [5.41, 5.74) is 2.39. The van der Waals surface area contributed by atoms with Crippen molar-refractivity contribution in [3.8, 4) is 11.5 Å². The zero-order chi connectivity index (χ0) is 19.1. The van der Waals surface area contributed by atoms with Crippen molar-refractivity contribution < 1.29 is 9.47 Å². The van der Waals surface area contributed by atoms with Gasteiger partial charge < -0.3 is 19.7 Å². The van der Waals surface area contributed by atoms with E-state index in [-0.39, 0.29) is 0 Å². The van der Waals surface area contributed by atoms with Crippen molar-refractivity contribution in [2.45, 2.75) is 13.1 Å². The van der Waals surface area contributed by atoms with E-state index in [0.717, 1.165) is 61.4 Å². The predicted octanol–water partition coefficient (Wildman–Crippen LogP) is 2.90. The van der Waals surface area contributed by atoms with E-state index in [4.69, 9.17) is 21.7 Å². The van der Waals surface area contributed by atoms with Gasteiger partial charge in [-0.25, -0.2) is 0 Å². The molecule has 144 valence electrons. The Kier molecular flexibility index (Phi) is 6.90. The Hall–Kier alpha value is -2.31. The molecule has 1 aliphatic heterocycles. The molecule has 5 nitrogen and oxygen atoms in total. The largest absolute Gasteiger partial charge is 0.497 e. The highest BCUT2D eigenvalue weighted by molar-refractivity contribution is 7.80. The molecule has 0 aliphatic carbocycles. The van der Waals surface area contributed by atoms with E-state index in [0.29, 0.717) is 0 Å². The Morgan fingerprint density at radius 2 is 1.74 bits per heavy atom. The number of ether oxygens (including phenoxy) is 2.